The molecule has 0 unspecified atom stereocenters. The van der Waals surface area contributed by atoms with Gasteiger partial charge in [-0.15, -0.1) is 0 Å². The van der Waals surface area contributed by atoms with Gasteiger partial charge in [0.05, 0.1) is 6.61 Å². The van der Waals surface area contributed by atoms with Crippen LogP contribution in [0.5, 0.6) is 0 Å². The SMILES string of the molecule is COCCNC(=NCC(=O)N(C)C)N1CC(C)(C)C1(C)C. The predicted molar refractivity (Wildman–Crippen MR) is 85.4 cm³/mol. The summed E-state index contributed by atoms with van der Waals surface area (Å²) in [5, 5.41) is 3.29. The number of hydrogen-bond donors (Lipinski definition) is 1. The summed E-state index contributed by atoms with van der Waals surface area (Å²) in [5.41, 5.74) is 0.231. The summed E-state index contributed by atoms with van der Waals surface area (Å²) in [6, 6.07) is 0. The minimum atomic E-state index is -0.00127. The number of guanidine groups is 1. The summed E-state index contributed by atoms with van der Waals surface area (Å²) in [6.45, 7) is 11.3. The number of hydrogen-bond acceptors (Lipinski definition) is 3. The molecule has 1 aliphatic heterocycles. The van der Waals surface area contributed by atoms with Crippen LogP contribution in [0.15, 0.2) is 4.99 Å². The van der Waals surface area contributed by atoms with Crippen molar-refractivity contribution in [1.29, 1.82) is 0 Å². The van der Waals surface area contributed by atoms with Gasteiger partial charge in [0, 0.05) is 45.2 Å². The molecule has 21 heavy (non-hydrogen) atoms. The number of carbonyl (C=O) groups is 1. The van der Waals surface area contributed by atoms with Gasteiger partial charge in [-0.25, -0.2) is 4.99 Å². The third kappa shape index (κ3) is 3.87. The van der Waals surface area contributed by atoms with E-state index in [0.717, 1.165) is 12.5 Å². The number of likely N-dealkylation sites (N-methyl/N-ethyl adjacent to an activating group) is 1. The summed E-state index contributed by atoms with van der Waals surface area (Å²) in [6.07, 6.45) is 0. The molecule has 1 fully saturated rings. The molecule has 0 atom stereocenters. The molecule has 1 aliphatic rings. The van der Waals surface area contributed by atoms with Crippen molar-refractivity contribution < 1.29 is 9.53 Å². The molecule has 0 aromatic rings. The van der Waals surface area contributed by atoms with E-state index in [2.05, 4.69) is 42.9 Å². The van der Waals surface area contributed by atoms with E-state index < -0.39 is 0 Å². The largest absolute Gasteiger partial charge is 0.383 e. The highest BCUT2D eigenvalue weighted by Crippen LogP contribution is 2.46. The summed E-state index contributed by atoms with van der Waals surface area (Å²) < 4.78 is 5.07. The van der Waals surface area contributed by atoms with Crippen LogP contribution in [0.1, 0.15) is 27.7 Å². The first kappa shape index (κ1) is 17.8. The summed E-state index contributed by atoms with van der Waals surface area (Å²) in [4.78, 5) is 20.0. The van der Waals surface area contributed by atoms with E-state index in [-0.39, 0.29) is 23.4 Å². The first-order valence-corrected chi connectivity index (χ1v) is 7.38. The third-order valence-corrected chi connectivity index (χ3v) is 4.59. The Kier molecular flexibility index (Phi) is 5.61. The lowest BCUT2D eigenvalue weighted by Gasteiger charge is -2.62. The highest BCUT2D eigenvalue weighted by molar-refractivity contribution is 5.86. The highest BCUT2D eigenvalue weighted by Gasteiger charge is 2.53. The standard InChI is InChI=1S/C15H30N4O2/c1-14(2)11-19(15(14,3)4)13(16-8-9-21-7)17-10-12(20)18(5)6/h8-11H2,1-7H3,(H,16,17). The molecule has 1 saturated heterocycles. The van der Waals surface area contributed by atoms with E-state index in [0.29, 0.717) is 13.2 Å². The average molecular weight is 298 g/mol. The molecule has 122 valence electrons. The Morgan fingerprint density at radius 2 is 1.95 bits per heavy atom. The second-order valence-electron chi connectivity index (χ2n) is 6.88. The van der Waals surface area contributed by atoms with Gasteiger partial charge < -0.3 is 19.9 Å². The fourth-order valence-corrected chi connectivity index (χ4v) is 2.19. The zero-order valence-electron chi connectivity index (χ0n) is 14.5. The van der Waals surface area contributed by atoms with Crippen molar-refractivity contribution in [3.63, 3.8) is 0 Å². The molecule has 1 heterocycles. The van der Waals surface area contributed by atoms with Crippen LogP contribution >= 0.6 is 0 Å². The second kappa shape index (κ2) is 6.64. The lowest BCUT2D eigenvalue weighted by molar-refractivity contribution is -0.127. The molecule has 6 heteroatoms. The topological polar surface area (TPSA) is 57.2 Å². The number of likely N-dealkylation sites (tertiary alicyclic amines) is 1. The lowest BCUT2D eigenvalue weighted by atomic mass is 9.65. The molecule has 0 bridgehead atoms. The number of amides is 1. The van der Waals surface area contributed by atoms with Crippen LogP contribution in [0.3, 0.4) is 0 Å². The van der Waals surface area contributed by atoms with Crippen LogP contribution in [0, 0.1) is 5.41 Å². The number of aliphatic imine (C=N–C) groups is 1. The van der Waals surface area contributed by atoms with E-state index >= 15 is 0 Å². The van der Waals surface area contributed by atoms with E-state index in [1.807, 2.05) is 0 Å². The van der Waals surface area contributed by atoms with E-state index in [1.165, 1.54) is 0 Å². The molecule has 1 rings (SSSR count). The van der Waals surface area contributed by atoms with Crippen LogP contribution in [0.4, 0.5) is 0 Å². The number of carbonyl (C=O) groups excluding carboxylic acids is 1. The van der Waals surface area contributed by atoms with E-state index in [9.17, 15) is 4.79 Å². The van der Waals surface area contributed by atoms with Crippen molar-refractivity contribution in [3.8, 4) is 0 Å². The zero-order chi connectivity index (χ0) is 16.3. The van der Waals surface area contributed by atoms with Gasteiger partial charge in [-0.2, -0.15) is 0 Å². The van der Waals surface area contributed by atoms with Crippen LogP contribution < -0.4 is 5.32 Å². The van der Waals surface area contributed by atoms with Crippen LogP contribution in [-0.2, 0) is 9.53 Å². The minimum absolute atomic E-state index is 0.00127. The van der Waals surface area contributed by atoms with Crippen LogP contribution in [-0.4, -0.2) is 74.7 Å². The fourth-order valence-electron chi connectivity index (χ4n) is 2.19. The van der Waals surface area contributed by atoms with Crippen molar-refractivity contribution in [3.05, 3.63) is 0 Å². The predicted octanol–water partition coefficient (Wildman–Crippen LogP) is 0.787. The molecule has 1 N–H and O–H groups in total. The molecular formula is C15H30N4O2. The zero-order valence-corrected chi connectivity index (χ0v) is 14.5. The van der Waals surface area contributed by atoms with E-state index in [1.54, 1.807) is 26.1 Å². The number of nitrogens with zero attached hydrogens (tertiary/aromatic N) is 3. The Hall–Kier alpha value is -1.30. The third-order valence-electron chi connectivity index (χ3n) is 4.59. The summed E-state index contributed by atoms with van der Waals surface area (Å²) >= 11 is 0. The monoisotopic (exact) mass is 298 g/mol. The highest BCUT2D eigenvalue weighted by atomic mass is 16.5. The first-order chi connectivity index (χ1) is 9.63. The normalized spacial score (nSPS) is 20.0. The summed E-state index contributed by atoms with van der Waals surface area (Å²) in [7, 11) is 5.16. The molecule has 0 radical (unpaired) electrons. The molecule has 0 aliphatic carbocycles. The molecule has 1 amide bonds. The maximum atomic E-state index is 11.7. The quantitative estimate of drug-likeness (QED) is 0.463. The molecule has 0 saturated carbocycles. The number of nitrogens with one attached hydrogen (secondary N) is 1. The van der Waals surface area contributed by atoms with Crippen molar-refractivity contribution in [1.82, 2.24) is 15.1 Å². The Labute approximate surface area is 128 Å². The van der Waals surface area contributed by atoms with Crippen molar-refractivity contribution in [2.75, 3.05) is 47.4 Å². The fraction of sp³-hybridized carbons (Fsp3) is 0.867. The average Bonchev–Trinajstić information content (AvgIpc) is 2.40. The Morgan fingerprint density at radius 3 is 2.38 bits per heavy atom. The minimum Gasteiger partial charge on any atom is -0.383 e. The molecular weight excluding hydrogens is 268 g/mol. The van der Waals surface area contributed by atoms with Crippen LogP contribution in [0.2, 0.25) is 0 Å². The van der Waals surface area contributed by atoms with Gasteiger partial charge in [0.15, 0.2) is 5.96 Å². The number of ether oxygens (including phenoxy) is 1. The maximum absolute atomic E-state index is 11.7. The van der Waals surface area contributed by atoms with Gasteiger partial charge in [-0.05, 0) is 13.8 Å². The van der Waals surface area contributed by atoms with Gasteiger partial charge in [0.2, 0.25) is 5.91 Å². The molecule has 0 aromatic carbocycles. The second-order valence-corrected chi connectivity index (χ2v) is 6.88. The van der Waals surface area contributed by atoms with Crippen molar-refractivity contribution >= 4 is 11.9 Å². The lowest BCUT2D eigenvalue weighted by Crippen LogP contribution is -2.72. The maximum Gasteiger partial charge on any atom is 0.243 e. The smallest absolute Gasteiger partial charge is 0.243 e. The van der Waals surface area contributed by atoms with Gasteiger partial charge in [0.1, 0.15) is 6.54 Å². The Morgan fingerprint density at radius 1 is 1.33 bits per heavy atom. The Balaban J connectivity index is 2.79. The van der Waals surface area contributed by atoms with Crippen LogP contribution in [0.25, 0.3) is 0 Å². The van der Waals surface area contributed by atoms with Gasteiger partial charge in [-0.1, -0.05) is 13.8 Å². The molecule has 6 nitrogen and oxygen atoms in total. The van der Waals surface area contributed by atoms with Crippen molar-refractivity contribution in [2.45, 2.75) is 33.2 Å². The van der Waals surface area contributed by atoms with Crippen molar-refractivity contribution in [2.24, 2.45) is 10.4 Å². The van der Waals surface area contributed by atoms with Gasteiger partial charge in [-0.3, -0.25) is 4.79 Å². The number of methoxy groups -OCH3 is 1. The Bertz CT molecular complexity index is 402. The first-order valence-electron chi connectivity index (χ1n) is 7.38. The molecule has 0 aromatic heterocycles. The van der Waals surface area contributed by atoms with Gasteiger partial charge in [0.25, 0.3) is 0 Å². The summed E-state index contributed by atoms with van der Waals surface area (Å²) in [5.74, 6) is 0.783. The number of rotatable bonds is 5. The molecule has 0 spiro atoms. The van der Waals surface area contributed by atoms with E-state index in [4.69, 9.17) is 4.74 Å². The van der Waals surface area contributed by atoms with Gasteiger partial charge >= 0.3 is 0 Å².